The van der Waals surface area contributed by atoms with Gasteiger partial charge in [0.15, 0.2) is 0 Å². The highest BCUT2D eigenvalue weighted by molar-refractivity contribution is 6.00. The van der Waals surface area contributed by atoms with E-state index in [9.17, 15) is 14.7 Å². The zero-order valence-electron chi connectivity index (χ0n) is 15.2. The summed E-state index contributed by atoms with van der Waals surface area (Å²) in [6, 6.07) is 9.29. The Hall–Kier alpha value is -3.13. The molecule has 1 aliphatic rings. The molecular formula is C22H21NO4. The predicted octanol–water partition coefficient (Wildman–Crippen LogP) is 4.08. The van der Waals surface area contributed by atoms with E-state index in [0.717, 1.165) is 31.2 Å². The van der Waals surface area contributed by atoms with E-state index in [1.807, 2.05) is 30.3 Å². The number of aromatic carboxylic acids is 1. The molecule has 0 amide bonds. The SMILES string of the molecule is C#Cc1c(C(=O)O)c(C)nc(C2CCCC2)c1C(=O)OCc1ccccc1. The van der Waals surface area contributed by atoms with Crippen molar-refractivity contribution < 1.29 is 19.4 Å². The van der Waals surface area contributed by atoms with Gasteiger partial charge in [0.1, 0.15) is 6.61 Å². The minimum absolute atomic E-state index is 0.0648. The molecule has 5 nitrogen and oxygen atoms in total. The number of carbonyl (C=O) groups excluding carboxylic acids is 1. The largest absolute Gasteiger partial charge is 0.478 e. The first-order valence-electron chi connectivity index (χ1n) is 8.98. The van der Waals surface area contributed by atoms with Crippen molar-refractivity contribution >= 4 is 11.9 Å². The van der Waals surface area contributed by atoms with Crippen molar-refractivity contribution in [2.75, 3.05) is 0 Å². The van der Waals surface area contributed by atoms with Gasteiger partial charge in [-0.2, -0.15) is 0 Å². The predicted molar refractivity (Wildman–Crippen MR) is 101 cm³/mol. The Bertz CT molecular complexity index is 906. The minimum Gasteiger partial charge on any atom is -0.478 e. The standard InChI is InChI=1S/C22H21NO4/c1-3-17-18(21(24)25)14(2)23-20(16-11-7-8-12-16)19(17)22(26)27-13-15-9-5-4-6-10-15/h1,4-6,9-10,16H,7-8,11-13H2,2H3,(H,24,25). The molecule has 1 saturated carbocycles. The number of carbonyl (C=O) groups is 2. The van der Waals surface area contributed by atoms with Gasteiger partial charge in [-0.1, -0.05) is 49.1 Å². The molecular weight excluding hydrogens is 342 g/mol. The Morgan fingerprint density at radius 3 is 2.48 bits per heavy atom. The van der Waals surface area contributed by atoms with Gasteiger partial charge in [0, 0.05) is 5.92 Å². The van der Waals surface area contributed by atoms with Crippen LogP contribution in [0, 0.1) is 19.3 Å². The number of nitrogens with zero attached hydrogens (tertiary/aromatic N) is 1. The molecule has 3 rings (SSSR count). The Morgan fingerprint density at radius 1 is 1.22 bits per heavy atom. The van der Waals surface area contributed by atoms with Crippen LogP contribution in [0.4, 0.5) is 0 Å². The molecule has 1 heterocycles. The number of esters is 1. The zero-order valence-corrected chi connectivity index (χ0v) is 15.2. The van der Waals surface area contributed by atoms with Crippen molar-refractivity contribution in [2.45, 2.75) is 45.1 Å². The Morgan fingerprint density at radius 2 is 1.89 bits per heavy atom. The fraction of sp³-hybridized carbons (Fsp3) is 0.318. The molecule has 0 bridgehead atoms. The number of carboxylic acid groups (broad SMARTS) is 1. The molecule has 1 aliphatic carbocycles. The monoisotopic (exact) mass is 363 g/mol. The van der Waals surface area contributed by atoms with E-state index in [-0.39, 0.29) is 29.2 Å². The molecule has 1 aromatic carbocycles. The van der Waals surface area contributed by atoms with Crippen LogP contribution in [0.3, 0.4) is 0 Å². The van der Waals surface area contributed by atoms with E-state index >= 15 is 0 Å². The molecule has 138 valence electrons. The van der Waals surface area contributed by atoms with Crippen LogP contribution in [0.15, 0.2) is 30.3 Å². The average Bonchev–Trinajstić information content (AvgIpc) is 3.20. The van der Waals surface area contributed by atoms with Crippen LogP contribution in [0.25, 0.3) is 0 Å². The number of aromatic nitrogens is 1. The fourth-order valence-electron chi connectivity index (χ4n) is 3.63. The second-order valence-corrected chi connectivity index (χ2v) is 6.70. The molecule has 0 spiro atoms. The number of hydrogen-bond donors (Lipinski definition) is 1. The van der Waals surface area contributed by atoms with Crippen LogP contribution in [0.5, 0.6) is 0 Å². The number of aryl methyl sites for hydroxylation is 1. The van der Waals surface area contributed by atoms with Crippen LogP contribution in [-0.2, 0) is 11.3 Å². The number of rotatable bonds is 5. The first-order chi connectivity index (χ1) is 13.0. The molecule has 0 unspecified atom stereocenters. The normalized spacial score (nSPS) is 13.9. The third kappa shape index (κ3) is 3.85. The second kappa shape index (κ2) is 8.05. The molecule has 1 aromatic heterocycles. The third-order valence-corrected chi connectivity index (χ3v) is 4.92. The van der Waals surface area contributed by atoms with Gasteiger partial charge in [-0.05, 0) is 25.3 Å². The highest BCUT2D eigenvalue weighted by Crippen LogP contribution is 2.37. The topological polar surface area (TPSA) is 76.5 Å². The van der Waals surface area contributed by atoms with Crippen LogP contribution in [0.2, 0.25) is 0 Å². The van der Waals surface area contributed by atoms with Gasteiger partial charge in [0.05, 0.1) is 28.1 Å². The summed E-state index contributed by atoms with van der Waals surface area (Å²) in [5.74, 6) is 0.690. The van der Waals surface area contributed by atoms with E-state index in [1.165, 1.54) is 0 Å². The lowest BCUT2D eigenvalue weighted by molar-refractivity contribution is 0.0469. The molecule has 2 aromatic rings. The molecule has 5 heteroatoms. The number of hydrogen-bond acceptors (Lipinski definition) is 4. The van der Waals surface area contributed by atoms with Gasteiger partial charge < -0.3 is 9.84 Å². The van der Waals surface area contributed by atoms with Crippen LogP contribution >= 0.6 is 0 Å². The quantitative estimate of drug-likeness (QED) is 0.640. The first kappa shape index (κ1) is 18.7. The van der Waals surface area contributed by atoms with Crippen molar-refractivity contribution in [3.63, 3.8) is 0 Å². The maximum atomic E-state index is 12.9. The highest BCUT2D eigenvalue weighted by atomic mass is 16.5. The van der Waals surface area contributed by atoms with Gasteiger partial charge in [-0.3, -0.25) is 4.98 Å². The summed E-state index contributed by atoms with van der Waals surface area (Å²) in [6.07, 6.45) is 9.53. The van der Waals surface area contributed by atoms with E-state index in [0.29, 0.717) is 11.4 Å². The molecule has 0 saturated heterocycles. The van der Waals surface area contributed by atoms with Crippen LogP contribution in [-0.4, -0.2) is 22.0 Å². The van der Waals surface area contributed by atoms with Gasteiger partial charge in [0.25, 0.3) is 0 Å². The average molecular weight is 363 g/mol. The lowest BCUT2D eigenvalue weighted by Gasteiger charge is -2.18. The second-order valence-electron chi connectivity index (χ2n) is 6.70. The van der Waals surface area contributed by atoms with Gasteiger partial charge in [-0.25, -0.2) is 9.59 Å². The van der Waals surface area contributed by atoms with Crippen molar-refractivity contribution in [1.29, 1.82) is 0 Å². The fourth-order valence-corrected chi connectivity index (χ4v) is 3.63. The Labute approximate surface area is 158 Å². The number of carboxylic acids is 1. The zero-order chi connectivity index (χ0) is 19.4. The maximum absolute atomic E-state index is 12.9. The lowest BCUT2D eigenvalue weighted by atomic mass is 9.91. The van der Waals surface area contributed by atoms with Crippen LogP contribution < -0.4 is 0 Å². The summed E-state index contributed by atoms with van der Waals surface area (Å²) in [4.78, 5) is 29.1. The van der Waals surface area contributed by atoms with E-state index in [4.69, 9.17) is 11.2 Å². The number of benzene rings is 1. The number of ether oxygens (including phenoxy) is 1. The Balaban J connectivity index is 2.04. The highest BCUT2D eigenvalue weighted by Gasteiger charge is 2.31. The molecule has 0 aliphatic heterocycles. The lowest BCUT2D eigenvalue weighted by Crippen LogP contribution is -2.19. The summed E-state index contributed by atoms with van der Waals surface area (Å²) in [7, 11) is 0. The van der Waals surface area contributed by atoms with Crippen LogP contribution in [0.1, 0.15) is 74.8 Å². The summed E-state index contributed by atoms with van der Waals surface area (Å²) in [6.45, 7) is 1.70. The number of terminal acetylenes is 1. The van der Waals surface area contributed by atoms with Crippen molar-refractivity contribution in [1.82, 2.24) is 4.98 Å². The Kier molecular flexibility index (Phi) is 5.56. The summed E-state index contributed by atoms with van der Waals surface area (Å²) < 4.78 is 5.46. The van der Waals surface area contributed by atoms with E-state index in [2.05, 4.69) is 10.9 Å². The molecule has 0 radical (unpaired) electrons. The first-order valence-corrected chi connectivity index (χ1v) is 8.98. The van der Waals surface area contributed by atoms with Gasteiger partial charge in [-0.15, -0.1) is 6.42 Å². The minimum atomic E-state index is -1.19. The van der Waals surface area contributed by atoms with Crippen molar-refractivity contribution in [2.24, 2.45) is 0 Å². The third-order valence-electron chi connectivity index (χ3n) is 4.92. The van der Waals surface area contributed by atoms with E-state index in [1.54, 1.807) is 6.92 Å². The smallest absolute Gasteiger partial charge is 0.341 e. The molecule has 1 N–H and O–H groups in total. The van der Waals surface area contributed by atoms with Crippen molar-refractivity contribution in [3.05, 3.63) is 64.0 Å². The molecule has 1 fully saturated rings. The number of pyridine rings is 1. The molecule has 27 heavy (non-hydrogen) atoms. The van der Waals surface area contributed by atoms with Crippen molar-refractivity contribution in [3.8, 4) is 12.3 Å². The summed E-state index contributed by atoms with van der Waals surface area (Å²) >= 11 is 0. The van der Waals surface area contributed by atoms with Gasteiger partial charge in [0.2, 0.25) is 0 Å². The van der Waals surface area contributed by atoms with E-state index < -0.39 is 11.9 Å². The summed E-state index contributed by atoms with van der Waals surface area (Å²) in [5.41, 5.74) is 1.83. The maximum Gasteiger partial charge on any atom is 0.341 e. The molecule has 0 atom stereocenters. The summed E-state index contributed by atoms with van der Waals surface area (Å²) in [5, 5.41) is 9.56. The van der Waals surface area contributed by atoms with Gasteiger partial charge >= 0.3 is 11.9 Å².